The normalized spacial score (nSPS) is 24.3. The predicted molar refractivity (Wildman–Crippen MR) is 79.4 cm³/mol. The fraction of sp³-hybridized carbons (Fsp3) is 0.857. The van der Waals surface area contributed by atoms with Crippen LogP contribution < -0.4 is 5.32 Å². The van der Waals surface area contributed by atoms with Crippen molar-refractivity contribution >= 4 is 11.8 Å². The summed E-state index contributed by atoms with van der Waals surface area (Å²) >= 11 is 1.73. The molecule has 108 valence electrons. The Morgan fingerprint density at radius 3 is 2.95 bits per heavy atom. The Bertz CT molecular complexity index is 369. The van der Waals surface area contributed by atoms with Gasteiger partial charge in [0, 0.05) is 6.04 Å². The van der Waals surface area contributed by atoms with Crippen LogP contribution in [0.5, 0.6) is 0 Å². The highest BCUT2D eigenvalue weighted by molar-refractivity contribution is 7.97. The van der Waals surface area contributed by atoms with Crippen LogP contribution in [-0.4, -0.2) is 29.0 Å². The number of aromatic nitrogens is 2. The molecule has 5 heteroatoms. The molecule has 4 nitrogen and oxygen atoms in total. The third-order valence-electron chi connectivity index (χ3n) is 3.75. The third-order valence-corrected chi connectivity index (χ3v) is 4.29. The molecule has 1 aliphatic rings. The molecule has 0 radical (unpaired) electrons. The molecule has 1 saturated carbocycles. The van der Waals surface area contributed by atoms with Crippen molar-refractivity contribution in [1.82, 2.24) is 15.5 Å². The van der Waals surface area contributed by atoms with Gasteiger partial charge in [-0.1, -0.05) is 31.3 Å². The van der Waals surface area contributed by atoms with Crippen LogP contribution in [0.1, 0.15) is 63.1 Å². The summed E-state index contributed by atoms with van der Waals surface area (Å²) in [5.41, 5.74) is 0. The van der Waals surface area contributed by atoms with E-state index in [0.29, 0.717) is 12.0 Å². The Kier molecular flexibility index (Phi) is 6.17. The molecule has 1 fully saturated rings. The average Bonchev–Trinajstić information content (AvgIpc) is 2.74. The van der Waals surface area contributed by atoms with E-state index in [0.717, 1.165) is 24.0 Å². The Balaban J connectivity index is 2.06. The van der Waals surface area contributed by atoms with E-state index in [9.17, 15) is 0 Å². The number of nitrogens with one attached hydrogen (secondary N) is 1. The summed E-state index contributed by atoms with van der Waals surface area (Å²) in [5.74, 6) is 2.92. The van der Waals surface area contributed by atoms with E-state index in [4.69, 9.17) is 4.52 Å². The van der Waals surface area contributed by atoms with Gasteiger partial charge in [-0.05, 0) is 32.1 Å². The molecule has 1 aliphatic carbocycles. The van der Waals surface area contributed by atoms with Gasteiger partial charge in [0.05, 0.1) is 11.7 Å². The quantitative estimate of drug-likeness (QED) is 0.811. The zero-order valence-corrected chi connectivity index (χ0v) is 12.8. The molecule has 1 aromatic rings. The van der Waals surface area contributed by atoms with Crippen molar-refractivity contribution < 1.29 is 4.52 Å². The van der Waals surface area contributed by atoms with Crippen LogP contribution in [0.3, 0.4) is 0 Å². The molecule has 1 N–H and O–H groups in total. The van der Waals surface area contributed by atoms with Gasteiger partial charge in [0.25, 0.3) is 0 Å². The van der Waals surface area contributed by atoms with Crippen molar-refractivity contribution in [2.75, 3.05) is 12.8 Å². The van der Waals surface area contributed by atoms with Crippen LogP contribution in [0, 0.1) is 0 Å². The Morgan fingerprint density at radius 2 is 2.16 bits per heavy atom. The average molecular weight is 283 g/mol. The number of hydrogen-bond donors (Lipinski definition) is 1. The van der Waals surface area contributed by atoms with E-state index in [-0.39, 0.29) is 0 Å². The van der Waals surface area contributed by atoms with Crippen LogP contribution in [0.15, 0.2) is 4.52 Å². The van der Waals surface area contributed by atoms with Crippen molar-refractivity contribution in [1.29, 1.82) is 0 Å². The van der Waals surface area contributed by atoms with E-state index in [1.807, 2.05) is 0 Å². The van der Waals surface area contributed by atoms with Crippen molar-refractivity contribution in [3.8, 4) is 0 Å². The van der Waals surface area contributed by atoms with Gasteiger partial charge >= 0.3 is 0 Å². The zero-order chi connectivity index (χ0) is 13.5. The first-order valence-corrected chi connectivity index (χ1v) is 8.79. The SMILES string of the molecule is CCCNC1CCCCCC1c1nc(CSC)no1. The maximum atomic E-state index is 5.51. The number of rotatable bonds is 6. The minimum atomic E-state index is 0.400. The van der Waals surface area contributed by atoms with Crippen LogP contribution >= 0.6 is 11.8 Å². The number of nitrogens with zero attached hydrogens (tertiary/aromatic N) is 2. The molecule has 2 unspecified atom stereocenters. The van der Waals surface area contributed by atoms with Gasteiger partial charge in [-0.25, -0.2) is 0 Å². The second-order valence-corrected chi connectivity index (χ2v) is 6.15. The summed E-state index contributed by atoms with van der Waals surface area (Å²) in [6.07, 6.45) is 9.54. The number of thioether (sulfide) groups is 1. The topological polar surface area (TPSA) is 51.0 Å². The first-order chi connectivity index (χ1) is 9.35. The summed E-state index contributed by atoms with van der Waals surface area (Å²) in [6, 6.07) is 0.505. The van der Waals surface area contributed by atoms with E-state index in [1.54, 1.807) is 11.8 Å². The van der Waals surface area contributed by atoms with Crippen molar-refractivity contribution in [3.63, 3.8) is 0 Å². The molecule has 0 saturated heterocycles. The lowest BCUT2D eigenvalue weighted by Crippen LogP contribution is -2.35. The monoisotopic (exact) mass is 283 g/mol. The third kappa shape index (κ3) is 4.21. The first kappa shape index (κ1) is 14.9. The summed E-state index contributed by atoms with van der Waals surface area (Å²) in [7, 11) is 0. The fourth-order valence-electron chi connectivity index (χ4n) is 2.78. The highest BCUT2D eigenvalue weighted by Gasteiger charge is 2.29. The molecule has 0 amide bonds. The Labute approximate surface area is 120 Å². The molecule has 0 aliphatic heterocycles. The van der Waals surface area contributed by atoms with Gasteiger partial charge in [-0.2, -0.15) is 16.7 Å². The molecule has 0 aromatic carbocycles. The lowest BCUT2D eigenvalue weighted by atomic mass is 9.94. The molecular formula is C14H25N3OS. The molecule has 19 heavy (non-hydrogen) atoms. The Morgan fingerprint density at radius 1 is 1.32 bits per heavy atom. The highest BCUT2D eigenvalue weighted by atomic mass is 32.2. The molecular weight excluding hydrogens is 258 g/mol. The van der Waals surface area contributed by atoms with E-state index >= 15 is 0 Å². The van der Waals surface area contributed by atoms with Gasteiger partial charge < -0.3 is 9.84 Å². The van der Waals surface area contributed by atoms with Gasteiger partial charge in [0.15, 0.2) is 5.82 Å². The summed E-state index contributed by atoms with van der Waals surface area (Å²) in [5, 5.41) is 7.76. The maximum absolute atomic E-state index is 5.51. The second-order valence-electron chi connectivity index (χ2n) is 5.29. The summed E-state index contributed by atoms with van der Waals surface area (Å²) < 4.78 is 5.51. The van der Waals surface area contributed by atoms with E-state index in [1.165, 1.54) is 38.5 Å². The largest absolute Gasteiger partial charge is 0.339 e. The first-order valence-electron chi connectivity index (χ1n) is 7.40. The smallest absolute Gasteiger partial charge is 0.231 e. The molecule has 0 bridgehead atoms. The molecule has 1 heterocycles. The summed E-state index contributed by atoms with van der Waals surface area (Å²) in [4.78, 5) is 4.59. The van der Waals surface area contributed by atoms with Crippen LogP contribution in [0.4, 0.5) is 0 Å². The highest BCUT2D eigenvalue weighted by Crippen LogP contribution is 2.31. The lowest BCUT2D eigenvalue weighted by molar-refractivity contribution is 0.303. The second kappa shape index (κ2) is 7.90. The van der Waals surface area contributed by atoms with Crippen LogP contribution in [0.25, 0.3) is 0 Å². The lowest BCUT2D eigenvalue weighted by Gasteiger charge is -2.23. The molecule has 2 rings (SSSR count). The minimum absolute atomic E-state index is 0.400. The molecule has 2 atom stereocenters. The van der Waals surface area contributed by atoms with Crippen LogP contribution in [0.2, 0.25) is 0 Å². The molecule has 1 aromatic heterocycles. The minimum Gasteiger partial charge on any atom is -0.339 e. The van der Waals surface area contributed by atoms with Gasteiger partial charge in [0.2, 0.25) is 5.89 Å². The Hall–Kier alpha value is -0.550. The number of hydrogen-bond acceptors (Lipinski definition) is 5. The van der Waals surface area contributed by atoms with Crippen molar-refractivity contribution in [2.45, 2.75) is 63.2 Å². The zero-order valence-electron chi connectivity index (χ0n) is 12.0. The van der Waals surface area contributed by atoms with Crippen molar-refractivity contribution in [3.05, 3.63) is 11.7 Å². The predicted octanol–water partition coefficient (Wildman–Crippen LogP) is 3.35. The van der Waals surface area contributed by atoms with Gasteiger partial charge in [-0.3, -0.25) is 0 Å². The fourth-order valence-corrected chi connectivity index (χ4v) is 3.16. The standard InChI is InChI=1S/C14H25N3OS/c1-3-9-15-12-8-6-4-5-7-11(12)14-16-13(10-19-2)17-18-14/h11-12,15H,3-10H2,1-2H3. The summed E-state index contributed by atoms with van der Waals surface area (Å²) in [6.45, 7) is 3.29. The van der Waals surface area contributed by atoms with Crippen molar-refractivity contribution in [2.24, 2.45) is 0 Å². The van der Waals surface area contributed by atoms with E-state index in [2.05, 4.69) is 28.6 Å². The van der Waals surface area contributed by atoms with Gasteiger partial charge in [-0.15, -0.1) is 0 Å². The maximum Gasteiger partial charge on any atom is 0.231 e. The van der Waals surface area contributed by atoms with Crippen LogP contribution in [-0.2, 0) is 5.75 Å². The molecule has 0 spiro atoms. The van der Waals surface area contributed by atoms with E-state index < -0.39 is 0 Å². The van der Waals surface area contributed by atoms with Gasteiger partial charge in [0.1, 0.15) is 0 Å².